The summed E-state index contributed by atoms with van der Waals surface area (Å²) < 4.78 is 38.1. The average Bonchev–Trinajstić information content (AvgIpc) is 3.40. The third kappa shape index (κ3) is 3.40. The van der Waals surface area contributed by atoms with E-state index in [9.17, 15) is 13.6 Å². The van der Waals surface area contributed by atoms with E-state index >= 15 is 0 Å². The molecule has 0 fully saturated rings. The minimum atomic E-state index is -2.75. The monoisotopic (exact) mass is 446 g/mol. The van der Waals surface area contributed by atoms with E-state index in [4.69, 9.17) is 15.2 Å². The molecule has 0 radical (unpaired) electrons. The van der Waals surface area contributed by atoms with Crippen LogP contribution < -0.4 is 15.2 Å². The van der Waals surface area contributed by atoms with Gasteiger partial charge in [-0.2, -0.15) is 0 Å². The van der Waals surface area contributed by atoms with Gasteiger partial charge in [0.2, 0.25) is 5.78 Å². The quantitative estimate of drug-likeness (QED) is 0.379. The number of nitrogens with two attached hydrogens (primary N) is 1. The molecule has 0 amide bonds. The van der Waals surface area contributed by atoms with Crippen LogP contribution in [0.15, 0.2) is 41.8 Å². The van der Waals surface area contributed by atoms with E-state index in [1.54, 1.807) is 18.2 Å². The first-order valence-corrected chi connectivity index (χ1v) is 10.5. The van der Waals surface area contributed by atoms with Gasteiger partial charge in [-0.25, -0.2) is 13.8 Å². The van der Waals surface area contributed by atoms with Crippen molar-refractivity contribution in [1.82, 2.24) is 4.98 Å². The zero-order valence-electron chi connectivity index (χ0n) is 15.9. The summed E-state index contributed by atoms with van der Waals surface area (Å²) in [5.41, 5.74) is 6.69. The number of carbonyl (C=O) groups excluding carboxylic acids is 1. The molecule has 4 rings (SSSR count). The number of aromatic nitrogens is 1. The van der Waals surface area contributed by atoms with Gasteiger partial charge in [0.05, 0.1) is 30.5 Å². The Morgan fingerprint density at radius 2 is 1.90 bits per heavy atom. The van der Waals surface area contributed by atoms with Crippen molar-refractivity contribution in [3.05, 3.63) is 57.8 Å². The van der Waals surface area contributed by atoms with Crippen LogP contribution in [0.25, 0.3) is 20.8 Å². The topological polar surface area (TPSA) is 74.4 Å². The molecule has 0 unspecified atom stereocenters. The molecule has 154 valence electrons. The Morgan fingerprint density at radius 3 is 2.53 bits per heavy atom. The van der Waals surface area contributed by atoms with Crippen molar-refractivity contribution in [2.75, 3.05) is 20.0 Å². The summed E-state index contributed by atoms with van der Waals surface area (Å²) in [7, 11) is 2.96. The third-order valence-corrected chi connectivity index (χ3v) is 6.58. The number of ether oxygens (including phenoxy) is 2. The molecule has 3 heterocycles. The Kier molecular flexibility index (Phi) is 5.40. The summed E-state index contributed by atoms with van der Waals surface area (Å²) >= 11 is 2.41. The lowest BCUT2D eigenvalue weighted by Gasteiger charge is -2.09. The van der Waals surface area contributed by atoms with Crippen LogP contribution in [0.1, 0.15) is 27.2 Å². The van der Waals surface area contributed by atoms with Gasteiger partial charge in [-0.15, -0.1) is 22.7 Å². The van der Waals surface area contributed by atoms with Crippen molar-refractivity contribution >= 4 is 44.4 Å². The average molecular weight is 447 g/mol. The molecule has 5 nitrogen and oxygen atoms in total. The highest BCUT2D eigenvalue weighted by Gasteiger charge is 2.25. The smallest absolute Gasteiger partial charge is 0.264 e. The number of halogens is 2. The van der Waals surface area contributed by atoms with Gasteiger partial charge >= 0.3 is 0 Å². The lowest BCUT2D eigenvalue weighted by atomic mass is 10.1. The maximum atomic E-state index is 13.8. The number of nitrogens with zero attached hydrogens (tertiary/aromatic N) is 1. The number of hydrogen-bond acceptors (Lipinski definition) is 7. The summed E-state index contributed by atoms with van der Waals surface area (Å²) in [6.45, 7) is 0. The van der Waals surface area contributed by atoms with Crippen LogP contribution in [-0.4, -0.2) is 25.0 Å². The van der Waals surface area contributed by atoms with Crippen molar-refractivity contribution in [3.8, 4) is 22.1 Å². The van der Waals surface area contributed by atoms with Gasteiger partial charge in [0.15, 0.2) is 11.5 Å². The molecule has 3 aromatic heterocycles. The number of benzene rings is 1. The number of pyridine rings is 1. The first kappa shape index (κ1) is 20.2. The summed E-state index contributed by atoms with van der Waals surface area (Å²) in [5, 5.41) is 1.97. The van der Waals surface area contributed by atoms with E-state index in [0.717, 1.165) is 16.2 Å². The van der Waals surface area contributed by atoms with Gasteiger partial charge in [0, 0.05) is 16.5 Å². The molecule has 30 heavy (non-hydrogen) atoms. The van der Waals surface area contributed by atoms with Crippen LogP contribution in [0.2, 0.25) is 0 Å². The number of carbonyl (C=O) groups is 1. The maximum Gasteiger partial charge on any atom is 0.264 e. The standard InChI is InChI=1S/C21H16F2N2O3S2/c1-27-13-6-5-10(8-14(13)28-2)18(26)19-17(24)16-11(20(22)23)9-12(25-21(16)30-19)15-4-3-7-29-15/h3-9,20H,24H2,1-2H3. The molecule has 0 bridgehead atoms. The van der Waals surface area contributed by atoms with Crippen LogP contribution in [0.4, 0.5) is 14.5 Å². The van der Waals surface area contributed by atoms with Gasteiger partial charge in [-0.1, -0.05) is 6.07 Å². The first-order valence-electron chi connectivity index (χ1n) is 8.76. The molecule has 0 saturated heterocycles. The molecule has 0 spiro atoms. The Labute approximate surface area is 178 Å². The molecule has 0 aliphatic rings. The number of methoxy groups -OCH3 is 2. The minimum Gasteiger partial charge on any atom is -0.493 e. The highest BCUT2D eigenvalue weighted by molar-refractivity contribution is 7.21. The van der Waals surface area contributed by atoms with E-state index in [-0.39, 0.29) is 21.5 Å². The van der Waals surface area contributed by atoms with Gasteiger partial charge in [0.25, 0.3) is 6.43 Å². The van der Waals surface area contributed by atoms with Crippen molar-refractivity contribution in [3.63, 3.8) is 0 Å². The highest BCUT2D eigenvalue weighted by atomic mass is 32.1. The van der Waals surface area contributed by atoms with Crippen molar-refractivity contribution in [2.45, 2.75) is 6.43 Å². The fourth-order valence-corrected chi connectivity index (χ4v) is 4.93. The predicted octanol–water partition coefficient (Wildman–Crippen LogP) is 5.79. The molecule has 0 saturated carbocycles. The fraction of sp³-hybridized carbons (Fsp3) is 0.143. The number of thiophene rings is 2. The summed E-state index contributed by atoms with van der Waals surface area (Å²) in [4.78, 5) is 18.8. The van der Waals surface area contributed by atoms with E-state index in [1.165, 1.54) is 37.7 Å². The summed E-state index contributed by atoms with van der Waals surface area (Å²) in [6.07, 6.45) is -2.75. The lowest BCUT2D eigenvalue weighted by molar-refractivity contribution is 0.104. The van der Waals surface area contributed by atoms with Crippen molar-refractivity contribution in [1.29, 1.82) is 0 Å². The zero-order chi connectivity index (χ0) is 21.4. The lowest BCUT2D eigenvalue weighted by Crippen LogP contribution is -2.03. The van der Waals surface area contributed by atoms with Crippen molar-refractivity contribution in [2.24, 2.45) is 0 Å². The molecular formula is C21H16F2N2O3S2. The van der Waals surface area contributed by atoms with E-state index in [1.807, 2.05) is 11.4 Å². The van der Waals surface area contributed by atoms with Crippen LogP contribution in [0.3, 0.4) is 0 Å². The number of nitrogen functional groups attached to an aromatic ring is 1. The summed E-state index contributed by atoms with van der Waals surface area (Å²) in [5.74, 6) is 0.462. The number of alkyl halides is 2. The minimum absolute atomic E-state index is 0.00955. The molecule has 0 aliphatic heterocycles. The fourth-order valence-electron chi connectivity index (χ4n) is 3.15. The van der Waals surface area contributed by atoms with Crippen LogP contribution in [-0.2, 0) is 0 Å². The van der Waals surface area contributed by atoms with E-state index in [0.29, 0.717) is 27.6 Å². The molecule has 2 N–H and O–H groups in total. The SMILES string of the molecule is COc1ccc(C(=O)c2sc3nc(-c4cccs4)cc(C(F)F)c3c2N)cc1OC. The highest BCUT2D eigenvalue weighted by Crippen LogP contribution is 2.42. The Balaban J connectivity index is 1.87. The van der Waals surface area contributed by atoms with Gasteiger partial charge in [-0.3, -0.25) is 4.79 Å². The number of hydrogen-bond donors (Lipinski definition) is 1. The molecular weight excluding hydrogens is 430 g/mol. The molecule has 0 aliphatic carbocycles. The number of fused-ring (bicyclic) bond motifs is 1. The van der Waals surface area contributed by atoms with Crippen LogP contribution >= 0.6 is 22.7 Å². The number of anilines is 1. The maximum absolute atomic E-state index is 13.8. The largest absolute Gasteiger partial charge is 0.493 e. The second-order valence-electron chi connectivity index (χ2n) is 6.30. The number of ketones is 1. The predicted molar refractivity (Wildman–Crippen MR) is 115 cm³/mol. The molecule has 9 heteroatoms. The van der Waals surface area contributed by atoms with Crippen LogP contribution in [0, 0.1) is 0 Å². The van der Waals surface area contributed by atoms with Gasteiger partial charge < -0.3 is 15.2 Å². The Hall–Kier alpha value is -3.04. The second kappa shape index (κ2) is 8.00. The molecule has 0 atom stereocenters. The second-order valence-corrected chi connectivity index (χ2v) is 8.25. The molecule has 4 aromatic rings. The van der Waals surface area contributed by atoms with Crippen LogP contribution in [0.5, 0.6) is 11.5 Å². The number of rotatable bonds is 6. The van der Waals surface area contributed by atoms with E-state index < -0.39 is 12.2 Å². The van der Waals surface area contributed by atoms with Crippen molar-refractivity contribution < 1.29 is 23.0 Å². The Morgan fingerprint density at radius 1 is 1.13 bits per heavy atom. The normalized spacial score (nSPS) is 11.2. The van der Waals surface area contributed by atoms with E-state index in [2.05, 4.69) is 4.98 Å². The molecule has 1 aromatic carbocycles. The van der Waals surface area contributed by atoms with Gasteiger partial charge in [-0.05, 0) is 35.7 Å². The summed E-state index contributed by atoms with van der Waals surface area (Å²) in [6, 6.07) is 9.68. The third-order valence-electron chi connectivity index (χ3n) is 4.59. The Bertz CT molecular complexity index is 1240. The zero-order valence-corrected chi connectivity index (χ0v) is 17.6. The first-order chi connectivity index (χ1) is 14.4. The van der Waals surface area contributed by atoms with Gasteiger partial charge in [0.1, 0.15) is 9.71 Å².